The van der Waals surface area contributed by atoms with Gasteiger partial charge in [-0.25, -0.2) is 0 Å². The minimum atomic E-state index is -0.426. The van der Waals surface area contributed by atoms with Crippen molar-refractivity contribution in [1.82, 2.24) is 0 Å². The Hall–Kier alpha value is -4.13. The molecule has 0 radical (unpaired) electrons. The molecule has 6 aromatic carbocycles. The third-order valence-corrected chi connectivity index (χ3v) is 7.87. The summed E-state index contributed by atoms with van der Waals surface area (Å²) >= 11 is 6.36. The lowest BCUT2D eigenvalue weighted by atomic mass is 9.67. The molecule has 0 saturated heterocycles. The van der Waals surface area contributed by atoms with E-state index in [2.05, 4.69) is 127 Å². The minimum absolute atomic E-state index is 0.426. The second-order valence-electron chi connectivity index (χ2n) is 9.46. The Bertz CT molecular complexity index is 1730. The number of hydrogen-bond donors (Lipinski definition) is 0. The zero-order valence-electron chi connectivity index (χ0n) is 19.7. The molecule has 1 atom stereocenters. The van der Waals surface area contributed by atoms with E-state index in [9.17, 15) is 0 Å². The van der Waals surface area contributed by atoms with E-state index in [1.54, 1.807) is 0 Å². The molecule has 36 heavy (non-hydrogen) atoms. The zero-order chi connectivity index (χ0) is 24.1. The SMILES string of the molecule is Clc1ccc(C2(c3ccccc3)c3ccccc3-c3c(-c4ccc5ccccc5c4)cccc32)cc1. The van der Waals surface area contributed by atoms with Gasteiger partial charge in [0, 0.05) is 5.02 Å². The Morgan fingerprint density at radius 3 is 1.92 bits per heavy atom. The largest absolute Gasteiger partial charge is 0.0843 e. The van der Waals surface area contributed by atoms with E-state index in [4.69, 9.17) is 11.6 Å². The molecule has 6 aromatic rings. The van der Waals surface area contributed by atoms with Crippen LogP contribution in [0, 0.1) is 0 Å². The van der Waals surface area contributed by atoms with E-state index in [1.165, 1.54) is 55.3 Å². The van der Waals surface area contributed by atoms with Crippen LogP contribution >= 0.6 is 11.6 Å². The zero-order valence-corrected chi connectivity index (χ0v) is 20.4. The van der Waals surface area contributed by atoms with Gasteiger partial charge in [-0.15, -0.1) is 0 Å². The van der Waals surface area contributed by atoms with Crippen LogP contribution in [-0.2, 0) is 5.41 Å². The highest BCUT2D eigenvalue weighted by Gasteiger charge is 2.46. The Balaban J connectivity index is 1.60. The molecule has 7 rings (SSSR count). The maximum atomic E-state index is 6.36. The van der Waals surface area contributed by atoms with Gasteiger partial charge in [0.15, 0.2) is 0 Å². The van der Waals surface area contributed by atoms with Crippen LogP contribution in [0.5, 0.6) is 0 Å². The molecule has 0 spiro atoms. The fraction of sp³-hybridized carbons (Fsp3) is 0.0286. The van der Waals surface area contributed by atoms with Crippen molar-refractivity contribution >= 4 is 22.4 Å². The molecule has 0 N–H and O–H groups in total. The normalized spacial score (nSPS) is 16.0. The predicted octanol–water partition coefficient (Wildman–Crippen LogP) is 9.52. The van der Waals surface area contributed by atoms with Crippen molar-refractivity contribution in [3.8, 4) is 22.3 Å². The van der Waals surface area contributed by atoms with Gasteiger partial charge in [-0.05, 0) is 73.5 Å². The number of fused-ring (bicyclic) bond motifs is 4. The third-order valence-electron chi connectivity index (χ3n) is 7.61. The van der Waals surface area contributed by atoms with Crippen LogP contribution < -0.4 is 0 Å². The molecule has 0 bridgehead atoms. The third kappa shape index (κ3) is 3.02. The van der Waals surface area contributed by atoms with Crippen LogP contribution in [0.25, 0.3) is 33.0 Å². The Morgan fingerprint density at radius 1 is 0.444 bits per heavy atom. The van der Waals surface area contributed by atoms with E-state index in [1.807, 2.05) is 12.1 Å². The molecule has 0 aliphatic heterocycles. The molecule has 1 aliphatic carbocycles. The summed E-state index contributed by atoms with van der Waals surface area (Å²) in [6.45, 7) is 0. The Kier molecular flexibility index (Phi) is 4.84. The molecule has 0 fully saturated rings. The molecule has 0 amide bonds. The highest BCUT2D eigenvalue weighted by atomic mass is 35.5. The molecular weight excluding hydrogens is 456 g/mol. The fourth-order valence-corrected chi connectivity index (χ4v) is 6.23. The van der Waals surface area contributed by atoms with Crippen molar-refractivity contribution in [3.63, 3.8) is 0 Å². The Labute approximate surface area is 216 Å². The fourth-order valence-electron chi connectivity index (χ4n) is 6.10. The average Bonchev–Trinajstić information content (AvgIpc) is 3.25. The summed E-state index contributed by atoms with van der Waals surface area (Å²) in [6, 6.07) is 50.3. The minimum Gasteiger partial charge on any atom is -0.0843 e. The molecule has 1 heteroatoms. The predicted molar refractivity (Wildman–Crippen MR) is 152 cm³/mol. The monoisotopic (exact) mass is 478 g/mol. The summed E-state index contributed by atoms with van der Waals surface area (Å²) in [4.78, 5) is 0. The smallest absolute Gasteiger partial charge is 0.0713 e. The van der Waals surface area contributed by atoms with Gasteiger partial charge in [0.05, 0.1) is 5.41 Å². The molecule has 1 aliphatic rings. The van der Waals surface area contributed by atoms with E-state index < -0.39 is 5.41 Å². The van der Waals surface area contributed by atoms with Crippen LogP contribution in [0.15, 0.2) is 140 Å². The standard InChI is InChI=1S/C35H23Cl/c36-29-21-19-28(20-22-29)35(27-11-2-1-3-12-27)32-15-7-6-13-31(32)34-30(14-8-16-33(34)35)26-18-17-24-9-4-5-10-25(24)23-26/h1-23H. The van der Waals surface area contributed by atoms with Crippen LogP contribution in [0.4, 0.5) is 0 Å². The first kappa shape index (κ1) is 21.2. The Morgan fingerprint density at radius 2 is 1.08 bits per heavy atom. The summed E-state index contributed by atoms with van der Waals surface area (Å²) in [5, 5.41) is 3.26. The summed E-state index contributed by atoms with van der Waals surface area (Å²) in [5.74, 6) is 0. The van der Waals surface area contributed by atoms with Gasteiger partial charge in [0.25, 0.3) is 0 Å². The lowest BCUT2D eigenvalue weighted by Crippen LogP contribution is -2.28. The van der Waals surface area contributed by atoms with E-state index >= 15 is 0 Å². The van der Waals surface area contributed by atoms with Gasteiger partial charge in [-0.1, -0.05) is 133 Å². The van der Waals surface area contributed by atoms with Crippen LogP contribution in [-0.4, -0.2) is 0 Å². The number of halogens is 1. The average molecular weight is 479 g/mol. The first-order valence-electron chi connectivity index (χ1n) is 12.3. The van der Waals surface area contributed by atoms with E-state index in [-0.39, 0.29) is 0 Å². The van der Waals surface area contributed by atoms with Gasteiger partial charge < -0.3 is 0 Å². The van der Waals surface area contributed by atoms with E-state index in [0.717, 1.165) is 5.02 Å². The molecule has 0 aromatic heterocycles. The first-order chi connectivity index (χ1) is 17.8. The molecule has 0 heterocycles. The second kappa shape index (κ2) is 8.22. The lowest BCUT2D eigenvalue weighted by molar-refractivity contribution is 0.768. The maximum absolute atomic E-state index is 6.36. The van der Waals surface area contributed by atoms with Crippen molar-refractivity contribution in [3.05, 3.63) is 167 Å². The summed E-state index contributed by atoms with van der Waals surface area (Å²) in [5.41, 5.74) is 9.76. The van der Waals surface area contributed by atoms with E-state index in [0.29, 0.717) is 0 Å². The summed E-state index contributed by atoms with van der Waals surface area (Å²) in [7, 11) is 0. The highest BCUT2D eigenvalue weighted by molar-refractivity contribution is 6.30. The lowest BCUT2D eigenvalue weighted by Gasteiger charge is -2.34. The quantitative estimate of drug-likeness (QED) is 0.237. The van der Waals surface area contributed by atoms with Crippen molar-refractivity contribution in [2.75, 3.05) is 0 Å². The summed E-state index contributed by atoms with van der Waals surface area (Å²) < 4.78 is 0. The van der Waals surface area contributed by atoms with Crippen LogP contribution in [0.1, 0.15) is 22.3 Å². The van der Waals surface area contributed by atoms with Gasteiger partial charge in [-0.3, -0.25) is 0 Å². The van der Waals surface area contributed by atoms with Gasteiger partial charge >= 0.3 is 0 Å². The van der Waals surface area contributed by atoms with Crippen LogP contribution in [0.2, 0.25) is 5.02 Å². The van der Waals surface area contributed by atoms with Crippen molar-refractivity contribution in [1.29, 1.82) is 0 Å². The van der Waals surface area contributed by atoms with Gasteiger partial charge in [-0.2, -0.15) is 0 Å². The van der Waals surface area contributed by atoms with Crippen molar-refractivity contribution in [2.45, 2.75) is 5.41 Å². The van der Waals surface area contributed by atoms with Crippen molar-refractivity contribution in [2.24, 2.45) is 0 Å². The van der Waals surface area contributed by atoms with Crippen LogP contribution in [0.3, 0.4) is 0 Å². The van der Waals surface area contributed by atoms with Crippen molar-refractivity contribution < 1.29 is 0 Å². The second-order valence-corrected chi connectivity index (χ2v) is 9.90. The number of hydrogen-bond acceptors (Lipinski definition) is 0. The molecule has 1 unspecified atom stereocenters. The summed E-state index contributed by atoms with van der Waals surface area (Å²) in [6.07, 6.45) is 0. The molecule has 0 saturated carbocycles. The molecule has 0 nitrogen and oxygen atoms in total. The molecule has 170 valence electrons. The van der Waals surface area contributed by atoms with Gasteiger partial charge in [0.1, 0.15) is 0 Å². The molecular formula is C35H23Cl. The maximum Gasteiger partial charge on any atom is 0.0713 e. The topological polar surface area (TPSA) is 0 Å². The first-order valence-corrected chi connectivity index (χ1v) is 12.7. The number of rotatable bonds is 3. The number of benzene rings is 6. The van der Waals surface area contributed by atoms with Gasteiger partial charge in [0.2, 0.25) is 0 Å². The highest BCUT2D eigenvalue weighted by Crippen LogP contribution is 2.58.